The maximum absolute atomic E-state index is 12.6. The van der Waals surface area contributed by atoms with E-state index in [1.165, 1.54) is 6.20 Å². The van der Waals surface area contributed by atoms with E-state index >= 15 is 0 Å². The smallest absolute Gasteiger partial charge is 0.198 e. The average molecular weight is 270 g/mol. The number of nitrogens with one attached hydrogen (secondary N) is 1. The summed E-state index contributed by atoms with van der Waals surface area (Å²) in [6.07, 6.45) is 3.09. The average Bonchev–Trinajstić information content (AvgIpc) is 2.53. The summed E-state index contributed by atoms with van der Waals surface area (Å²) in [5, 5.41) is 3.21. The molecule has 0 radical (unpaired) electrons. The van der Waals surface area contributed by atoms with Gasteiger partial charge in [0.25, 0.3) is 0 Å². The molecule has 102 valence electrons. The van der Waals surface area contributed by atoms with E-state index in [1.807, 2.05) is 12.1 Å². The summed E-state index contributed by atoms with van der Waals surface area (Å²) in [4.78, 5) is 16.6. The fourth-order valence-electron chi connectivity index (χ4n) is 2.16. The molecule has 0 aliphatic carbocycles. The zero-order valence-electron chi connectivity index (χ0n) is 11.1. The number of anilines is 1. The Morgan fingerprint density at radius 2 is 2.30 bits per heavy atom. The SMILES string of the molecule is COc1cncc(C(=O)c2cccc3c2OCCN3)c1. The maximum atomic E-state index is 12.6. The highest BCUT2D eigenvalue weighted by Gasteiger charge is 2.20. The Morgan fingerprint density at radius 1 is 1.40 bits per heavy atom. The largest absolute Gasteiger partial charge is 0.495 e. The van der Waals surface area contributed by atoms with Crippen LogP contribution in [0.25, 0.3) is 0 Å². The van der Waals surface area contributed by atoms with Crippen molar-refractivity contribution in [1.29, 1.82) is 0 Å². The monoisotopic (exact) mass is 270 g/mol. The lowest BCUT2D eigenvalue weighted by Gasteiger charge is -2.21. The fraction of sp³-hybridized carbons (Fsp3) is 0.200. The molecule has 0 amide bonds. The van der Waals surface area contributed by atoms with Gasteiger partial charge in [0.15, 0.2) is 11.5 Å². The lowest BCUT2D eigenvalue weighted by Crippen LogP contribution is -2.20. The number of hydrogen-bond acceptors (Lipinski definition) is 5. The Kier molecular flexibility index (Phi) is 3.25. The Labute approximate surface area is 116 Å². The van der Waals surface area contributed by atoms with Gasteiger partial charge in [-0.05, 0) is 18.2 Å². The first-order chi connectivity index (χ1) is 9.79. The van der Waals surface area contributed by atoms with Crippen LogP contribution in [0, 0.1) is 0 Å². The van der Waals surface area contributed by atoms with E-state index < -0.39 is 0 Å². The summed E-state index contributed by atoms with van der Waals surface area (Å²) >= 11 is 0. The number of carbonyl (C=O) groups excluding carboxylic acids is 1. The van der Waals surface area contributed by atoms with Gasteiger partial charge in [-0.1, -0.05) is 6.07 Å². The fourth-order valence-corrected chi connectivity index (χ4v) is 2.16. The molecule has 0 unspecified atom stereocenters. The molecule has 20 heavy (non-hydrogen) atoms. The normalized spacial score (nSPS) is 12.8. The molecule has 3 rings (SSSR count). The molecule has 0 saturated heterocycles. The number of hydrogen-bond donors (Lipinski definition) is 1. The quantitative estimate of drug-likeness (QED) is 0.866. The molecule has 1 aromatic carbocycles. The van der Waals surface area contributed by atoms with Crippen molar-refractivity contribution in [2.75, 3.05) is 25.6 Å². The topological polar surface area (TPSA) is 60.5 Å². The van der Waals surface area contributed by atoms with Crippen molar-refractivity contribution in [1.82, 2.24) is 4.98 Å². The first kappa shape index (κ1) is 12.5. The van der Waals surface area contributed by atoms with Crippen LogP contribution in [0.1, 0.15) is 15.9 Å². The first-order valence-electron chi connectivity index (χ1n) is 6.33. The van der Waals surface area contributed by atoms with Gasteiger partial charge in [0.05, 0.1) is 24.6 Å². The van der Waals surface area contributed by atoms with Crippen molar-refractivity contribution in [2.45, 2.75) is 0 Å². The molecule has 1 aliphatic heterocycles. The van der Waals surface area contributed by atoms with Gasteiger partial charge in [0.2, 0.25) is 0 Å². The highest BCUT2D eigenvalue weighted by molar-refractivity contribution is 6.11. The van der Waals surface area contributed by atoms with Gasteiger partial charge in [-0.25, -0.2) is 0 Å². The molecule has 5 nitrogen and oxygen atoms in total. The highest BCUT2D eigenvalue weighted by Crippen LogP contribution is 2.32. The molecule has 2 aromatic rings. The van der Waals surface area contributed by atoms with Gasteiger partial charge in [0, 0.05) is 18.3 Å². The lowest BCUT2D eigenvalue weighted by atomic mass is 10.0. The standard InChI is InChI=1S/C15H14N2O3/c1-19-11-7-10(8-16-9-11)14(18)12-3-2-4-13-15(12)20-6-5-17-13/h2-4,7-9,17H,5-6H2,1H3. The van der Waals surface area contributed by atoms with Crippen molar-refractivity contribution in [3.8, 4) is 11.5 Å². The number of para-hydroxylation sites is 1. The molecule has 2 heterocycles. The molecule has 1 N–H and O–H groups in total. The summed E-state index contributed by atoms with van der Waals surface area (Å²) in [6.45, 7) is 1.29. The molecular weight excluding hydrogens is 256 g/mol. The number of ketones is 1. The second kappa shape index (κ2) is 5.21. The van der Waals surface area contributed by atoms with Crippen LogP contribution in [0.5, 0.6) is 11.5 Å². The number of benzene rings is 1. The number of ether oxygens (including phenoxy) is 2. The number of nitrogens with zero attached hydrogens (tertiary/aromatic N) is 1. The summed E-state index contributed by atoms with van der Waals surface area (Å²) in [6, 6.07) is 7.16. The lowest BCUT2D eigenvalue weighted by molar-refractivity contribution is 0.103. The minimum absolute atomic E-state index is 0.128. The highest BCUT2D eigenvalue weighted by atomic mass is 16.5. The van der Waals surface area contributed by atoms with Crippen LogP contribution in [0.4, 0.5) is 5.69 Å². The molecule has 1 aromatic heterocycles. The van der Waals surface area contributed by atoms with Crippen LogP contribution >= 0.6 is 0 Å². The van der Waals surface area contributed by atoms with Crippen LogP contribution in [0.3, 0.4) is 0 Å². The van der Waals surface area contributed by atoms with E-state index in [2.05, 4.69) is 10.3 Å². The Bertz CT molecular complexity index is 655. The van der Waals surface area contributed by atoms with Gasteiger partial charge in [0.1, 0.15) is 12.4 Å². The summed E-state index contributed by atoms with van der Waals surface area (Å²) in [5.41, 5.74) is 1.86. The minimum atomic E-state index is -0.128. The Morgan fingerprint density at radius 3 is 3.15 bits per heavy atom. The molecule has 0 fully saturated rings. The zero-order valence-corrected chi connectivity index (χ0v) is 11.1. The number of methoxy groups -OCH3 is 1. The number of pyridine rings is 1. The van der Waals surface area contributed by atoms with Crippen molar-refractivity contribution < 1.29 is 14.3 Å². The van der Waals surface area contributed by atoms with E-state index in [1.54, 1.807) is 25.4 Å². The van der Waals surface area contributed by atoms with Crippen molar-refractivity contribution in [2.24, 2.45) is 0 Å². The maximum Gasteiger partial charge on any atom is 0.198 e. The van der Waals surface area contributed by atoms with Crippen LogP contribution in [0.2, 0.25) is 0 Å². The van der Waals surface area contributed by atoms with Gasteiger partial charge in [-0.2, -0.15) is 0 Å². The predicted octanol–water partition coefficient (Wildman–Crippen LogP) is 2.13. The Balaban J connectivity index is 2.02. The van der Waals surface area contributed by atoms with E-state index in [4.69, 9.17) is 9.47 Å². The molecule has 0 bridgehead atoms. The van der Waals surface area contributed by atoms with E-state index in [0.717, 1.165) is 12.2 Å². The van der Waals surface area contributed by atoms with E-state index in [-0.39, 0.29) is 5.78 Å². The molecule has 0 spiro atoms. The van der Waals surface area contributed by atoms with E-state index in [9.17, 15) is 4.79 Å². The van der Waals surface area contributed by atoms with Gasteiger partial charge >= 0.3 is 0 Å². The second-order valence-electron chi connectivity index (χ2n) is 4.40. The minimum Gasteiger partial charge on any atom is -0.495 e. The second-order valence-corrected chi connectivity index (χ2v) is 4.40. The molecule has 0 atom stereocenters. The first-order valence-corrected chi connectivity index (χ1v) is 6.33. The van der Waals surface area contributed by atoms with E-state index in [0.29, 0.717) is 29.2 Å². The third kappa shape index (κ3) is 2.18. The third-order valence-corrected chi connectivity index (χ3v) is 3.13. The molecular formula is C15H14N2O3. The van der Waals surface area contributed by atoms with Crippen LogP contribution in [-0.2, 0) is 0 Å². The predicted molar refractivity (Wildman–Crippen MR) is 74.6 cm³/mol. The summed E-state index contributed by atoms with van der Waals surface area (Å²) in [7, 11) is 1.54. The number of aromatic nitrogens is 1. The van der Waals surface area contributed by atoms with Gasteiger partial charge < -0.3 is 14.8 Å². The summed E-state index contributed by atoms with van der Waals surface area (Å²) < 4.78 is 10.7. The number of fused-ring (bicyclic) bond motifs is 1. The van der Waals surface area contributed by atoms with Gasteiger partial charge in [-0.15, -0.1) is 0 Å². The van der Waals surface area contributed by atoms with Crippen LogP contribution < -0.4 is 14.8 Å². The molecule has 5 heteroatoms. The Hall–Kier alpha value is -2.56. The van der Waals surface area contributed by atoms with Crippen molar-refractivity contribution in [3.05, 3.63) is 47.8 Å². The number of rotatable bonds is 3. The third-order valence-electron chi connectivity index (χ3n) is 3.13. The number of carbonyl (C=O) groups is 1. The summed E-state index contributed by atoms with van der Waals surface area (Å²) in [5.74, 6) is 1.03. The van der Waals surface area contributed by atoms with Crippen LogP contribution in [-0.4, -0.2) is 31.0 Å². The zero-order chi connectivity index (χ0) is 13.9. The molecule has 1 aliphatic rings. The van der Waals surface area contributed by atoms with Crippen molar-refractivity contribution >= 4 is 11.5 Å². The van der Waals surface area contributed by atoms with Crippen LogP contribution in [0.15, 0.2) is 36.7 Å². The molecule has 0 saturated carbocycles. The van der Waals surface area contributed by atoms with Gasteiger partial charge in [-0.3, -0.25) is 9.78 Å². The van der Waals surface area contributed by atoms with Crippen molar-refractivity contribution in [3.63, 3.8) is 0 Å².